The predicted octanol–water partition coefficient (Wildman–Crippen LogP) is 3.99. The lowest BCUT2D eigenvalue weighted by Crippen LogP contribution is -2.28. The largest absolute Gasteiger partial charge is 0.326 e. The van der Waals surface area contributed by atoms with Crippen LogP contribution >= 0.6 is 15.9 Å². The van der Waals surface area contributed by atoms with Crippen LogP contribution in [0.5, 0.6) is 0 Å². The average Bonchev–Trinajstić information content (AvgIpc) is 3.35. The van der Waals surface area contributed by atoms with E-state index < -0.39 is 0 Å². The molecule has 1 unspecified atom stereocenters. The number of carbonyl (C=O) groups excluding carboxylic acids is 2. The third-order valence-electron chi connectivity index (χ3n) is 5.07. The zero-order valence-electron chi connectivity index (χ0n) is 16.0. The topological polar surface area (TPSA) is 67.2 Å². The summed E-state index contributed by atoms with van der Waals surface area (Å²) in [5.74, 6) is -0.522. The highest BCUT2D eigenvalue weighted by atomic mass is 79.9. The standard InChI is InChI=1S/C22H21BrN4O2/c1-15-11-19(7-8-20(15)23)27-14-17(12-21(27)28)22(29)25-18-5-3-16(4-6-18)13-26-10-2-9-24-26/h2-11,17H,12-14H2,1H3,(H,25,29). The summed E-state index contributed by atoms with van der Waals surface area (Å²) in [6.45, 7) is 3.05. The molecule has 6 nitrogen and oxygen atoms in total. The molecule has 2 amide bonds. The monoisotopic (exact) mass is 452 g/mol. The molecular formula is C22H21BrN4O2. The van der Waals surface area contributed by atoms with E-state index in [1.807, 2.05) is 66.3 Å². The van der Waals surface area contributed by atoms with Crippen LogP contribution in [0.4, 0.5) is 11.4 Å². The number of nitrogens with one attached hydrogen (secondary N) is 1. The Labute approximate surface area is 177 Å². The minimum absolute atomic E-state index is 0.0264. The van der Waals surface area contributed by atoms with Gasteiger partial charge in [-0.2, -0.15) is 5.10 Å². The Morgan fingerprint density at radius 1 is 1.24 bits per heavy atom. The zero-order chi connectivity index (χ0) is 20.4. The Bertz CT molecular complexity index is 1030. The predicted molar refractivity (Wildman–Crippen MR) is 116 cm³/mol. The molecule has 1 saturated heterocycles. The van der Waals surface area contributed by atoms with E-state index in [0.717, 1.165) is 27.0 Å². The maximum Gasteiger partial charge on any atom is 0.229 e. The Kier molecular flexibility index (Phi) is 5.49. The summed E-state index contributed by atoms with van der Waals surface area (Å²) < 4.78 is 2.84. The fraction of sp³-hybridized carbons (Fsp3) is 0.227. The van der Waals surface area contributed by atoms with Gasteiger partial charge < -0.3 is 10.2 Å². The van der Waals surface area contributed by atoms with Crippen molar-refractivity contribution in [3.05, 3.63) is 76.5 Å². The normalized spacial score (nSPS) is 16.3. The van der Waals surface area contributed by atoms with E-state index in [4.69, 9.17) is 0 Å². The third kappa shape index (κ3) is 4.40. The number of rotatable bonds is 5. The van der Waals surface area contributed by atoms with Gasteiger partial charge in [0.1, 0.15) is 0 Å². The van der Waals surface area contributed by atoms with Crippen LogP contribution < -0.4 is 10.2 Å². The molecule has 1 fully saturated rings. The number of hydrogen-bond donors (Lipinski definition) is 1. The van der Waals surface area contributed by atoms with Gasteiger partial charge in [0.25, 0.3) is 0 Å². The van der Waals surface area contributed by atoms with E-state index >= 15 is 0 Å². The van der Waals surface area contributed by atoms with Crippen molar-refractivity contribution in [1.82, 2.24) is 9.78 Å². The lowest BCUT2D eigenvalue weighted by atomic mass is 10.1. The summed E-state index contributed by atoms with van der Waals surface area (Å²) in [6, 6.07) is 15.4. The zero-order valence-corrected chi connectivity index (χ0v) is 17.6. The molecule has 4 rings (SSSR count). The first-order valence-corrected chi connectivity index (χ1v) is 10.2. The highest BCUT2D eigenvalue weighted by Crippen LogP contribution is 2.29. The molecule has 2 aromatic carbocycles. The van der Waals surface area contributed by atoms with Gasteiger partial charge in [0.2, 0.25) is 11.8 Å². The van der Waals surface area contributed by atoms with E-state index in [9.17, 15) is 9.59 Å². The lowest BCUT2D eigenvalue weighted by Gasteiger charge is -2.18. The van der Waals surface area contributed by atoms with Crippen molar-refractivity contribution in [1.29, 1.82) is 0 Å². The summed E-state index contributed by atoms with van der Waals surface area (Å²) in [5.41, 5.74) is 3.71. The van der Waals surface area contributed by atoms with E-state index in [0.29, 0.717) is 13.1 Å². The minimum Gasteiger partial charge on any atom is -0.326 e. The molecule has 0 aliphatic carbocycles. The van der Waals surface area contributed by atoms with Gasteiger partial charge in [-0.3, -0.25) is 14.3 Å². The Morgan fingerprint density at radius 3 is 2.72 bits per heavy atom. The second kappa shape index (κ2) is 8.21. The number of carbonyl (C=O) groups is 2. The molecule has 7 heteroatoms. The second-order valence-electron chi connectivity index (χ2n) is 7.23. The van der Waals surface area contributed by atoms with Crippen LogP contribution in [0.25, 0.3) is 0 Å². The van der Waals surface area contributed by atoms with Gasteiger partial charge in [-0.05, 0) is 54.4 Å². The summed E-state index contributed by atoms with van der Waals surface area (Å²) in [7, 11) is 0. The first-order valence-electron chi connectivity index (χ1n) is 9.43. The molecule has 1 aliphatic rings. The molecule has 1 N–H and O–H groups in total. The fourth-order valence-electron chi connectivity index (χ4n) is 3.45. The quantitative estimate of drug-likeness (QED) is 0.635. The molecule has 0 radical (unpaired) electrons. The number of halogens is 1. The van der Waals surface area contributed by atoms with Crippen LogP contribution in [0.3, 0.4) is 0 Å². The van der Waals surface area contributed by atoms with Gasteiger partial charge in [0, 0.05) is 41.2 Å². The average molecular weight is 453 g/mol. The van der Waals surface area contributed by atoms with Crippen LogP contribution in [0, 0.1) is 12.8 Å². The van der Waals surface area contributed by atoms with Gasteiger partial charge in [-0.25, -0.2) is 0 Å². The van der Waals surface area contributed by atoms with Gasteiger partial charge in [0.05, 0.1) is 12.5 Å². The summed E-state index contributed by atoms with van der Waals surface area (Å²) in [5, 5.41) is 7.13. The minimum atomic E-state index is -0.366. The van der Waals surface area contributed by atoms with Crippen LogP contribution in [0.15, 0.2) is 65.4 Å². The van der Waals surface area contributed by atoms with Crippen molar-refractivity contribution >= 4 is 39.1 Å². The molecular weight excluding hydrogens is 432 g/mol. The van der Waals surface area contributed by atoms with Crippen LogP contribution in [0.1, 0.15) is 17.5 Å². The Balaban J connectivity index is 1.38. The molecule has 29 heavy (non-hydrogen) atoms. The Morgan fingerprint density at radius 2 is 2.03 bits per heavy atom. The molecule has 3 aromatic rings. The van der Waals surface area contributed by atoms with E-state index in [-0.39, 0.29) is 24.2 Å². The van der Waals surface area contributed by atoms with E-state index in [1.54, 1.807) is 11.1 Å². The van der Waals surface area contributed by atoms with Crippen molar-refractivity contribution in [3.8, 4) is 0 Å². The van der Waals surface area contributed by atoms with Gasteiger partial charge in [-0.1, -0.05) is 28.1 Å². The SMILES string of the molecule is Cc1cc(N2CC(C(=O)Nc3ccc(Cn4cccn4)cc3)CC2=O)ccc1Br. The van der Waals surface area contributed by atoms with Gasteiger partial charge in [-0.15, -0.1) is 0 Å². The smallest absolute Gasteiger partial charge is 0.229 e. The number of nitrogens with zero attached hydrogens (tertiary/aromatic N) is 3. The van der Waals surface area contributed by atoms with Crippen LogP contribution in [-0.2, 0) is 16.1 Å². The lowest BCUT2D eigenvalue weighted by molar-refractivity contribution is -0.122. The van der Waals surface area contributed by atoms with Crippen LogP contribution in [-0.4, -0.2) is 28.1 Å². The van der Waals surface area contributed by atoms with Gasteiger partial charge in [0.15, 0.2) is 0 Å². The number of hydrogen-bond acceptors (Lipinski definition) is 3. The first kappa shape index (κ1) is 19.4. The van der Waals surface area contributed by atoms with Gasteiger partial charge >= 0.3 is 0 Å². The number of amides is 2. The highest BCUT2D eigenvalue weighted by Gasteiger charge is 2.35. The molecule has 1 atom stereocenters. The number of aryl methyl sites for hydroxylation is 1. The molecule has 2 heterocycles. The number of anilines is 2. The van der Waals surface area contributed by atoms with Crippen molar-refractivity contribution in [2.75, 3.05) is 16.8 Å². The summed E-state index contributed by atoms with van der Waals surface area (Å²) in [6.07, 6.45) is 3.88. The maximum absolute atomic E-state index is 12.7. The molecule has 1 aliphatic heterocycles. The molecule has 148 valence electrons. The molecule has 0 spiro atoms. The highest BCUT2D eigenvalue weighted by molar-refractivity contribution is 9.10. The van der Waals surface area contributed by atoms with Crippen molar-refractivity contribution in [2.24, 2.45) is 5.92 Å². The Hall–Kier alpha value is -2.93. The van der Waals surface area contributed by atoms with Crippen LogP contribution in [0.2, 0.25) is 0 Å². The summed E-state index contributed by atoms with van der Waals surface area (Å²) in [4.78, 5) is 26.8. The van der Waals surface area contributed by atoms with Crippen molar-refractivity contribution in [2.45, 2.75) is 19.9 Å². The molecule has 0 saturated carbocycles. The van der Waals surface area contributed by atoms with Crippen molar-refractivity contribution < 1.29 is 9.59 Å². The summed E-state index contributed by atoms with van der Waals surface area (Å²) >= 11 is 3.47. The number of aromatic nitrogens is 2. The molecule has 0 bridgehead atoms. The molecule has 1 aromatic heterocycles. The van der Waals surface area contributed by atoms with Crippen molar-refractivity contribution in [3.63, 3.8) is 0 Å². The number of benzene rings is 2. The maximum atomic E-state index is 12.7. The van der Waals surface area contributed by atoms with E-state index in [2.05, 4.69) is 26.3 Å². The first-order chi connectivity index (χ1) is 14.0. The second-order valence-corrected chi connectivity index (χ2v) is 8.08. The van der Waals surface area contributed by atoms with E-state index in [1.165, 1.54) is 0 Å². The fourth-order valence-corrected chi connectivity index (χ4v) is 3.69. The third-order valence-corrected chi connectivity index (χ3v) is 5.96.